The second kappa shape index (κ2) is 7.16. The number of hydrogen-bond donors (Lipinski definition) is 1. The number of carbonyl (C=O) groups is 2. The highest BCUT2D eigenvalue weighted by atomic mass is 16.5. The van der Waals surface area contributed by atoms with Crippen LogP contribution in [-0.4, -0.2) is 73.0 Å². The van der Waals surface area contributed by atoms with Crippen LogP contribution < -0.4 is 9.64 Å². The molecule has 148 valence electrons. The van der Waals surface area contributed by atoms with Gasteiger partial charge in [0.2, 0.25) is 5.91 Å². The number of amides is 1. The third-order valence-electron chi connectivity index (χ3n) is 5.32. The number of anilines is 1. The van der Waals surface area contributed by atoms with Crippen molar-refractivity contribution in [1.29, 1.82) is 0 Å². The number of fused-ring (bicyclic) bond motifs is 1. The fourth-order valence-corrected chi connectivity index (χ4v) is 3.75. The summed E-state index contributed by atoms with van der Waals surface area (Å²) < 4.78 is 16.4. The van der Waals surface area contributed by atoms with E-state index in [4.69, 9.17) is 14.0 Å². The number of carboxylic acids is 1. The van der Waals surface area contributed by atoms with E-state index in [0.717, 1.165) is 0 Å². The molecule has 1 aromatic heterocycles. The van der Waals surface area contributed by atoms with Crippen molar-refractivity contribution in [1.82, 2.24) is 10.1 Å². The third kappa shape index (κ3) is 3.07. The van der Waals surface area contributed by atoms with Gasteiger partial charge in [0.25, 0.3) is 0 Å². The molecule has 0 bridgehead atoms. The Morgan fingerprint density at radius 1 is 1.29 bits per heavy atom. The van der Waals surface area contributed by atoms with Crippen LogP contribution in [0.5, 0.6) is 5.75 Å². The Labute approximate surface area is 161 Å². The molecule has 28 heavy (non-hydrogen) atoms. The second-order valence-corrected chi connectivity index (χ2v) is 6.88. The Kier molecular flexibility index (Phi) is 4.68. The predicted molar refractivity (Wildman–Crippen MR) is 98.6 cm³/mol. The molecule has 2 atom stereocenters. The first-order valence-corrected chi connectivity index (χ1v) is 8.99. The molecule has 0 radical (unpaired) electrons. The Morgan fingerprint density at radius 3 is 2.71 bits per heavy atom. The molecule has 3 heterocycles. The lowest BCUT2D eigenvalue weighted by atomic mass is 10.1. The maximum Gasteiger partial charge on any atom is 0.343 e. The Morgan fingerprint density at radius 2 is 2.04 bits per heavy atom. The summed E-state index contributed by atoms with van der Waals surface area (Å²) in [6, 6.07) is 6.74. The van der Waals surface area contributed by atoms with Gasteiger partial charge in [0.05, 0.1) is 32.3 Å². The van der Waals surface area contributed by atoms with Gasteiger partial charge in [0.1, 0.15) is 5.75 Å². The Bertz CT molecular complexity index is 894. The monoisotopic (exact) mass is 387 g/mol. The van der Waals surface area contributed by atoms with Crippen LogP contribution in [0.2, 0.25) is 0 Å². The van der Waals surface area contributed by atoms with Gasteiger partial charge in [-0.2, -0.15) is 0 Å². The first-order valence-electron chi connectivity index (χ1n) is 8.99. The van der Waals surface area contributed by atoms with Crippen molar-refractivity contribution in [3.8, 4) is 17.1 Å². The van der Waals surface area contributed by atoms with Gasteiger partial charge in [0, 0.05) is 25.7 Å². The van der Waals surface area contributed by atoms with Gasteiger partial charge in [-0.3, -0.25) is 4.79 Å². The number of carbonyl (C=O) groups excluding carboxylic acids is 1. The van der Waals surface area contributed by atoms with Crippen molar-refractivity contribution in [3.05, 3.63) is 29.8 Å². The smallest absolute Gasteiger partial charge is 0.343 e. The molecule has 9 heteroatoms. The molecule has 4 rings (SSSR count). The second-order valence-electron chi connectivity index (χ2n) is 6.88. The lowest BCUT2D eigenvalue weighted by Gasteiger charge is -2.25. The van der Waals surface area contributed by atoms with Crippen molar-refractivity contribution in [2.24, 2.45) is 0 Å². The van der Waals surface area contributed by atoms with E-state index >= 15 is 0 Å². The van der Waals surface area contributed by atoms with Crippen LogP contribution in [0.25, 0.3) is 11.3 Å². The standard InChI is InChI=1S/C19H21N3O6/c1-21-13-9-22(10-14(13)27-8-7-15(21)23)18-16(19(24)25)17(28-20-18)11-3-5-12(26-2)6-4-11/h3-6,13-14H,7-10H2,1-2H3,(H,24,25)/t13-,14-/m0/s1. The van der Waals surface area contributed by atoms with Gasteiger partial charge in [-0.15, -0.1) is 0 Å². The summed E-state index contributed by atoms with van der Waals surface area (Å²) in [5.74, 6) is -0.0188. The van der Waals surface area contributed by atoms with E-state index in [1.807, 2.05) is 4.90 Å². The van der Waals surface area contributed by atoms with Crippen molar-refractivity contribution < 1.29 is 28.7 Å². The number of aromatic carboxylic acids is 1. The van der Waals surface area contributed by atoms with Crippen LogP contribution in [0.3, 0.4) is 0 Å². The zero-order valence-corrected chi connectivity index (χ0v) is 15.6. The summed E-state index contributed by atoms with van der Waals surface area (Å²) in [7, 11) is 3.31. The molecule has 2 saturated heterocycles. The number of methoxy groups -OCH3 is 1. The van der Waals surface area contributed by atoms with Crippen molar-refractivity contribution in [2.75, 3.05) is 38.8 Å². The Hall–Kier alpha value is -3.07. The number of hydrogen-bond acceptors (Lipinski definition) is 7. The predicted octanol–water partition coefficient (Wildman–Crippen LogP) is 1.48. The molecular formula is C19H21N3O6. The van der Waals surface area contributed by atoms with Gasteiger partial charge in [0.15, 0.2) is 17.1 Å². The summed E-state index contributed by atoms with van der Waals surface area (Å²) in [5.41, 5.74) is 0.588. The summed E-state index contributed by atoms with van der Waals surface area (Å²) in [4.78, 5) is 27.6. The number of nitrogens with zero attached hydrogens (tertiary/aromatic N) is 3. The third-order valence-corrected chi connectivity index (χ3v) is 5.32. The van der Waals surface area contributed by atoms with E-state index in [1.54, 1.807) is 43.3 Å². The fraction of sp³-hybridized carbons (Fsp3) is 0.421. The van der Waals surface area contributed by atoms with Crippen LogP contribution in [0.4, 0.5) is 5.82 Å². The van der Waals surface area contributed by atoms with Crippen molar-refractivity contribution in [2.45, 2.75) is 18.6 Å². The molecule has 9 nitrogen and oxygen atoms in total. The molecule has 0 unspecified atom stereocenters. The molecule has 0 aliphatic carbocycles. The molecule has 2 aliphatic heterocycles. The summed E-state index contributed by atoms with van der Waals surface area (Å²) in [6.45, 7) is 1.23. The van der Waals surface area contributed by atoms with E-state index in [0.29, 0.717) is 37.4 Å². The van der Waals surface area contributed by atoms with E-state index in [1.165, 1.54) is 0 Å². The zero-order chi connectivity index (χ0) is 19.8. The summed E-state index contributed by atoms with van der Waals surface area (Å²) in [5, 5.41) is 13.9. The molecule has 1 N–H and O–H groups in total. The fourth-order valence-electron chi connectivity index (χ4n) is 3.75. The topological polar surface area (TPSA) is 105 Å². The number of likely N-dealkylation sites (N-methyl/N-ethyl adjacent to an activating group) is 1. The van der Waals surface area contributed by atoms with E-state index in [-0.39, 0.29) is 35.2 Å². The molecule has 0 saturated carbocycles. The molecule has 2 aliphatic rings. The van der Waals surface area contributed by atoms with Gasteiger partial charge in [-0.1, -0.05) is 5.16 Å². The molecule has 2 fully saturated rings. The van der Waals surface area contributed by atoms with Gasteiger partial charge in [-0.05, 0) is 24.3 Å². The first kappa shape index (κ1) is 18.3. The summed E-state index contributed by atoms with van der Waals surface area (Å²) in [6.07, 6.45) is 0.161. The van der Waals surface area contributed by atoms with Gasteiger partial charge in [-0.25, -0.2) is 4.79 Å². The molecule has 1 amide bonds. The average Bonchev–Trinajstić information content (AvgIpc) is 3.29. The number of ether oxygens (including phenoxy) is 2. The average molecular weight is 387 g/mol. The number of benzene rings is 1. The first-order chi connectivity index (χ1) is 13.5. The normalized spacial score (nSPS) is 22.1. The van der Waals surface area contributed by atoms with Crippen LogP contribution in [0.1, 0.15) is 16.8 Å². The minimum absolute atomic E-state index is 0.00407. The number of carboxylic acid groups (broad SMARTS) is 1. The minimum Gasteiger partial charge on any atom is -0.497 e. The quantitative estimate of drug-likeness (QED) is 0.841. The van der Waals surface area contributed by atoms with E-state index in [9.17, 15) is 14.7 Å². The summed E-state index contributed by atoms with van der Waals surface area (Å²) >= 11 is 0. The van der Waals surface area contributed by atoms with E-state index < -0.39 is 5.97 Å². The molecule has 1 aromatic carbocycles. The lowest BCUT2D eigenvalue weighted by molar-refractivity contribution is -0.130. The van der Waals surface area contributed by atoms with Gasteiger partial charge >= 0.3 is 5.97 Å². The number of rotatable bonds is 4. The van der Waals surface area contributed by atoms with Crippen molar-refractivity contribution >= 4 is 17.7 Å². The van der Waals surface area contributed by atoms with Gasteiger partial charge < -0.3 is 28.9 Å². The van der Waals surface area contributed by atoms with E-state index in [2.05, 4.69) is 5.16 Å². The maximum atomic E-state index is 12.1. The lowest BCUT2D eigenvalue weighted by Crippen LogP contribution is -2.42. The van der Waals surface area contributed by atoms with Crippen LogP contribution in [-0.2, 0) is 9.53 Å². The van der Waals surface area contributed by atoms with Crippen LogP contribution in [0.15, 0.2) is 28.8 Å². The highest BCUT2D eigenvalue weighted by molar-refractivity contribution is 5.99. The molecule has 0 spiro atoms. The Balaban J connectivity index is 1.66. The highest BCUT2D eigenvalue weighted by Gasteiger charge is 2.42. The largest absolute Gasteiger partial charge is 0.497 e. The number of aromatic nitrogens is 1. The zero-order valence-electron chi connectivity index (χ0n) is 15.6. The molecular weight excluding hydrogens is 366 g/mol. The van der Waals surface area contributed by atoms with Crippen LogP contribution in [0, 0.1) is 0 Å². The van der Waals surface area contributed by atoms with Crippen LogP contribution >= 0.6 is 0 Å². The minimum atomic E-state index is -1.13. The maximum absolute atomic E-state index is 12.1. The highest BCUT2D eigenvalue weighted by Crippen LogP contribution is 2.35. The SMILES string of the molecule is COc1ccc(-c2onc(N3C[C@@H]4OCCC(=O)N(C)[C@H]4C3)c2C(=O)O)cc1. The van der Waals surface area contributed by atoms with Crippen molar-refractivity contribution in [3.63, 3.8) is 0 Å². The molecule has 2 aromatic rings.